The molecular formula is C21H27ClN2O. The van der Waals surface area contributed by atoms with Crippen LogP contribution in [0.4, 0.5) is 0 Å². The lowest BCUT2D eigenvalue weighted by atomic mass is 9.96. The van der Waals surface area contributed by atoms with Crippen molar-refractivity contribution in [1.82, 2.24) is 10.6 Å². The molecule has 0 radical (unpaired) electrons. The van der Waals surface area contributed by atoms with Crippen molar-refractivity contribution in [1.29, 1.82) is 0 Å². The summed E-state index contributed by atoms with van der Waals surface area (Å²) in [5.41, 5.74) is 3.11. The van der Waals surface area contributed by atoms with E-state index in [0.29, 0.717) is 5.92 Å². The van der Waals surface area contributed by atoms with Crippen LogP contribution in [0.5, 0.6) is 0 Å². The SMILES string of the molecule is Cl.O=C(NCCC1CCCNC1)c1ccccc1Cc1ccccc1. The van der Waals surface area contributed by atoms with Gasteiger partial charge in [0.05, 0.1) is 0 Å². The van der Waals surface area contributed by atoms with Crippen LogP contribution in [-0.4, -0.2) is 25.5 Å². The molecule has 1 fully saturated rings. The predicted octanol–water partition coefficient (Wildman–Crippen LogP) is 3.82. The number of nitrogens with one attached hydrogen (secondary N) is 2. The molecule has 1 atom stereocenters. The molecule has 3 rings (SSSR count). The standard InChI is InChI=1S/C21H26N2O.ClH/c24-21(23-14-12-18-9-6-13-22-16-18)20-11-5-4-10-19(20)15-17-7-2-1-3-8-17;/h1-5,7-8,10-11,18,22H,6,9,12-16H2,(H,23,24);1H. The van der Waals surface area contributed by atoms with E-state index in [-0.39, 0.29) is 18.3 Å². The lowest BCUT2D eigenvalue weighted by Crippen LogP contribution is -2.33. The highest BCUT2D eigenvalue weighted by molar-refractivity contribution is 5.95. The fourth-order valence-corrected chi connectivity index (χ4v) is 3.37. The van der Waals surface area contributed by atoms with Crippen molar-refractivity contribution in [3.63, 3.8) is 0 Å². The van der Waals surface area contributed by atoms with Crippen molar-refractivity contribution in [3.8, 4) is 0 Å². The minimum Gasteiger partial charge on any atom is -0.352 e. The van der Waals surface area contributed by atoms with E-state index in [1.807, 2.05) is 42.5 Å². The maximum absolute atomic E-state index is 12.6. The molecule has 134 valence electrons. The first kappa shape index (κ1) is 19.5. The Bertz CT molecular complexity index is 654. The molecule has 3 nitrogen and oxygen atoms in total. The highest BCUT2D eigenvalue weighted by Crippen LogP contribution is 2.16. The van der Waals surface area contributed by atoms with Crippen LogP contribution in [0.1, 0.15) is 40.7 Å². The first-order valence-electron chi connectivity index (χ1n) is 8.93. The second-order valence-corrected chi connectivity index (χ2v) is 6.58. The van der Waals surface area contributed by atoms with E-state index in [0.717, 1.165) is 43.6 Å². The number of piperidine rings is 1. The Hall–Kier alpha value is -1.84. The van der Waals surface area contributed by atoms with Crippen LogP contribution in [0.15, 0.2) is 54.6 Å². The third-order valence-corrected chi connectivity index (χ3v) is 4.74. The van der Waals surface area contributed by atoms with E-state index < -0.39 is 0 Å². The summed E-state index contributed by atoms with van der Waals surface area (Å²) in [6.07, 6.45) is 4.36. The second-order valence-electron chi connectivity index (χ2n) is 6.58. The summed E-state index contributed by atoms with van der Waals surface area (Å²) in [6.45, 7) is 2.97. The molecule has 2 aromatic carbocycles. The fraction of sp³-hybridized carbons (Fsp3) is 0.381. The third-order valence-electron chi connectivity index (χ3n) is 4.74. The van der Waals surface area contributed by atoms with Gasteiger partial charge in [-0.3, -0.25) is 4.79 Å². The summed E-state index contributed by atoms with van der Waals surface area (Å²) in [4.78, 5) is 12.6. The summed E-state index contributed by atoms with van der Waals surface area (Å²) in [6, 6.07) is 18.2. The molecule has 25 heavy (non-hydrogen) atoms. The van der Waals surface area contributed by atoms with Crippen LogP contribution in [0.3, 0.4) is 0 Å². The Morgan fingerprint density at radius 3 is 2.60 bits per heavy atom. The van der Waals surface area contributed by atoms with Gasteiger partial charge in [-0.2, -0.15) is 0 Å². The van der Waals surface area contributed by atoms with Crippen LogP contribution in [0.2, 0.25) is 0 Å². The van der Waals surface area contributed by atoms with Crippen LogP contribution in [0, 0.1) is 5.92 Å². The average molecular weight is 359 g/mol. The average Bonchev–Trinajstić information content (AvgIpc) is 2.64. The molecule has 2 aromatic rings. The maximum Gasteiger partial charge on any atom is 0.251 e. The van der Waals surface area contributed by atoms with Gasteiger partial charge in [0, 0.05) is 12.1 Å². The highest BCUT2D eigenvalue weighted by Gasteiger charge is 2.14. The van der Waals surface area contributed by atoms with Crippen molar-refractivity contribution in [2.75, 3.05) is 19.6 Å². The number of halogens is 1. The van der Waals surface area contributed by atoms with Gasteiger partial charge in [0.2, 0.25) is 0 Å². The molecule has 0 aliphatic carbocycles. The van der Waals surface area contributed by atoms with Gasteiger partial charge in [0.1, 0.15) is 0 Å². The number of amides is 1. The third kappa shape index (κ3) is 5.87. The summed E-state index contributed by atoms with van der Waals surface area (Å²) >= 11 is 0. The smallest absolute Gasteiger partial charge is 0.251 e. The van der Waals surface area contributed by atoms with E-state index in [2.05, 4.69) is 22.8 Å². The van der Waals surface area contributed by atoms with Crippen molar-refractivity contribution in [2.24, 2.45) is 5.92 Å². The Morgan fingerprint density at radius 1 is 1.08 bits per heavy atom. The van der Waals surface area contributed by atoms with Crippen LogP contribution in [0.25, 0.3) is 0 Å². The van der Waals surface area contributed by atoms with E-state index in [1.54, 1.807) is 0 Å². The Labute approximate surface area is 156 Å². The van der Waals surface area contributed by atoms with E-state index >= 15 is 0 Å². The predicted molar refractivity (Wildman–Crippen MR) is 105 cm³/mol. The Kier molecular flexibility index (Phi) is 7.96. The molecule has 1 unspecified atom stereocenters. The number of carbonyl (C=O) groups is 1. The molecule has 1 amide bonds. The molecule has 1 aliphatic rings. The van der Waals surface area contributed by atoms with Gasteiger partial charge in [-0.25, -0.2) is 0 Å². The van der Waals surface area contributed by atoms with Gasteiger partial charge in [0.15, 0.2) is 0 Å². The molecule has 1 saturated heterocycles. The van der Waals surface area contributed by atoms with Crippen molar-refractivity contribution < 1.29 is 4.79 Å². The number of hydrogen-bond acceptors (Lipinski definition) is 2. The zero-order chi connectivity index (χ0) is 16.6. The monoisotopic (exact) mass is 358 g/mol. The molecule has 2 N–H and O–H groups in total. The van der Waals surface area contributed by atoms with Crippen molar-refractivity contribution >= 4 is 18.3 Å². The quantitative estimate of drug-likeness (QED) is 0.824. The molecule has 4 heteroatoms. The van der Waals surface area contributed by atoms with Gasteiger partial charge in [0.25, 0.3) is 5.91 Å². The van der Waals surface area contributed by atoms with Gasteiger partial charge in [-0.05, 0) is 61.9 Å². The summed E-state index contributed by atoms with van der Waals surface area (Å²) < 4.78 is 0. The van der Waals surface area contributed by atoms with Gasteiger partial charge >= 0.3 is 0 Å². The molecule has 1 heterocycles. The minimum atomic E-state index is 0. The van der Waals surface area contributed by atoms with Gasteiger partial charge in [-0.1, -0.05) is 48.5 Å². The second kappa shape index (κ2) is 10.2. The van der Waals surface area contributed by atoms with Crippen LogP contribution >= 0.6 is 12.4 Å². The lowest BCUT2D eigenvalue weighted by molar-refractivity contribution is 0.0950. The van der Waals surface area contributed by atoms with E-state index in [4.69, 9.17) is 0 Å². The first-order valence-corrected chi connectivity index (χ1v) is 8.93. The number of hydrogen-bond donors (Lipinski definition) is 2. The largest absolute Gasteiger partial charge is 0.352 e. The Morgan fingerprint density at radius 2 is 1.84 bits per heavy atom. The van der Waals surface area contributed by atoms with Crippen molar-refractivity contribution in [2.45, 2.75) is 25.7 Å². The van der Waals surface area contributed by atoms with Crippen molar-refractivity contribution in [3.05, 3.63) is 71.3 Å². The van der Waals surface area contributed by atoms with E-state index in [1.165, 1.54) is 18.4 Å². The first-order chi connectivity index (χ1) is 11.8. The van der Waals surface area contributed by atoms with Crippen LogP contribution < -0.4 is 10.6 Å². The van der Waals surface area contributed by atoms with Gasteiger partial charge in [-0.15, -0.1) is 12.4 Å². The molecular weight excluding hydrogens is 332 g/mol. The number of carbonyl (C=O) groups excluding carboxylic acids is 1. The van der Waals surface area contributed by atoms with Crippen LogP contribution in [-0.2, 0) is 6.42 Å². The van der Waals surface area contributed by atoms with Gasteiger partial charge < -0.3 is 10.6 Å². The molecule has 0 saturated carbocycles. The topological polar surface area (TPSA) is 41.1 Å². The zero-order valence-corrected chi connectivity index (χ0v) is 15.4. The highest BCUT2D eigenvalue weighted by atomic mass is 35.5. The normalized spacial score (nSPS) is 16.7. The van der Waals surface area contributed by atoms with E-state index in [9.17, 15) is 4.79 Å². The fourth-order valence-electron chi connectivity index (χ4n) is 3.37. The Balaban J connectivity index is 0.00000225. The summed E-state index contributed by atoms with van der Waals surface area (Å²) in [5, 5.41) is 6.53. The zero-order valence-electron chi connectivity index (χ0n) is 14.5. The minimum absolute atomic E-state index is 0. The molecule has 0 spiro atoms. The summed E-state index contributed by atoms with van der Waals surface area (Å²) in [5.74, 6) is 0.740. The lowest BCUT2D eigenvalue weighted by Gasteiger charge is -2.22. The number of rotatable bonds is 6. The summed E-state index contributed by atoms with van der Waals surface area (Å²) in [7, 11) is 0. The molecule has 1 aliphatic heterocycles. The molecule has 0 aromatic heterocycles. The maximum atomic E-state index is 12.6. The molecule has 0 bridgehead atoms. The number of benzene rings is 2.